The lowest BCUT2D eigenvalue weighted by Gasteiger charge is -2.33. The number of amides is 1. The van der Waals surface area contributed by atoms with Crippen LogP contribution in [0.1, 0.15) is 27.0 Å². The van der Waals surface area contributed by atoms with Crippen LogP contribution < -0.4 is 5.56 Å². The minimum Gasteiger partial charge on any atom is -0.467 e. The molecule has 0 fully saturated rings. The van der Waals surface area contributed by atoms with Gasteiger partial charge in [0, 0.05) is 17.5 Å². The molecule has 114 valence electrons. The van der Waals surface area contributed by atoms with Crippen LogP contribution in [0.2, 0.25) is 0 Å². The molecule has 0 radical (unpaired) electrons. The Morgan fingerprint density at radius 1 is 1.41 bits per heavy atom. The van der Waals surface area contributed by atoms with Crippen LogP contribution in [-0.4, -0.2) is 40.6 Å². The fourth-order valence-corrected chi connectivity index (χ4v) is 3.42. The van der Waals surface area contributed by atoms with Gasteiger partial charge in [0.1, 0.15) is 5.69 Å². The van der Waals surface area contributed by atoms with Crippen LogP contribution >= 0.6 is 11.3 Å². The molecule has 1 aliphatic rings. The summed E-state index contributed by atoms with van der Waals surface area (Å²) in [6.07, 6.45) is 0.676. The lowest BCUT2D eigenvalue weighted by Crippen LogP contribution is -2.44. The molecule has 0 aliphatic carbocycles. The highest BCUT2D eigenvalue weighted by molar-refractivity contribution is 7.10. The zero-order chi connectivity index (χ0) is 15.7. The molecule has 7 nitrogen and oxygen atoms in total. The van der Waals surface area contributed by atoms with Crippen molar-refractivity contribution in [3.63, 3.8) is 0 Å². The van der Waals surface area contributed by atoms with E-state index in [1.54, 1.807) is 11.3 Å². The SMILES string of the molecule is COC(=O)C1c2ccsc2CCN1C(=O)c1ccc(=O)[nH]n1. The summed E-state index contributed by atoms with van der Waals surface area (Å²) >= 11 is 1.56. The number of nitrogens with zero attached hydrogens (tertiary/aromatic N) is 2. The van der Waals surface area contributed by atoms with Crippen LogP contribution in [0, 0.1) is 0 Å². The molecule has 0 spiro atoms. The Labute approximate surface area is 129 Å². The number of hydrogen-bond acceptors (Lipinski definition) is 6. The Morgan fingerprint density at radius 2 is 2.23 bits per heavy atom. The number of nitrogens with one attached hydrogen (secondary N) is 1. The molecule has 1 aliphatic heterocycles. The predicted octanol–water partition coefficient (Wildman–Crippen LogP) is 0.744. The number of carbonyl (C=O) groups is 2. The summed E-state index contributed by atoms with van der Waals surface area (Å²) in [6, 6.07) is 3.63. The zero-order valence-corrected chi connectivity index (χ0v) is 12.6. The minimum atomic E-state index is -0.777. The fourth-order valence-electron chi connectivity index (χ4n) is 2.51. The molecule has 1 atom stereocenters. The van der Waals surface area contributed by atoms with Gasteiger partial charge in [0.25, 0.3) is 11.5 Å². The van der Waals surface area contributed by atoms with Crippen molar-refractivity contribution in [1.29, 1.82) is 0 Å². The Bertz CT molecular complexity index is 762. The molecule has 0 saturated heterocycles. The lowest BCUT2D eigenvalue weighted by atomic mass is 9.99. The number of thiophene rings is 1. The maximum atomic E-state index is 12.6. The number of methoxy groups -OCH3 is 1. The Kier molecular flexibility index (Phi) is 3.76. The van der Waals surface area contributed by atoms with Crippen molar-refractivity contribution < 1.29 is 14.3 Å². The largest absolute Gasteiger partial charge is 0.467 e. The molecular weight excluding hydrogens is 306 g/mol. The third-order valence-electron chi connectivity index (χ3n) is 3.55. The Morgan fingerprint density at radius 3 is 2.91 bits per heavy atom. The normalized spacial score (nSPS) is 17.0. The molecule has 0 aromatic carbocycles. The summed E-state index contributed by atoms with van der Waals surface area (Å²) in [6.45, 7) is 0.396. The quantitative estimate of drug-likeness (QED) is 0.824. The topological polar surface area (TPSA) is 92.4 Å². The first-order chi connectivity index (χ1) is 10.6. The third kappa shape index (κ3) is 2.41. The molecule has 0 bridgehead atoms. The van der Waals surface area contributed by atoms with Crippen molar-refractivity contribution in [2.24, 2.45) is 0 Å². The second-order valence-corrected chi connectivity index (χ2v) is 5.78. The molecule has 2 aromatic rings. The van der Waals surface area contributed by atoms with Crippen molar-refractivity contribution in [2.45, 2.75) is 12.5 Å². The second kappa shape index (κ2) is 5.72. The first kappa shape index (κ1) is 14.5. The highest BCUT2D eigenvalue weighted by atomic mass is 32.1. The van der Waals surface area contributed by atoms with E-state index in [0.29, 0.717) is 13.0 Å². The minimum absolute atomic E-state index is 0.0900. The Balaban J connectivity index is 1.98. The molecular formula is C14H13N3O4S. The number of aromatic amines is 1. The molecule has 8 heteroatoms. The molecule has 0 saturated carbocycles. The van der Waals surface area contributed by atoms with E-state index in [0.717, 1.165) is 10.4 Å². The summed E-state index contributed by atoms with van der Waals surface area (Å²) in [5.41, 5.74) is 0.493. The number of rotatable bonds is 2. The van der Waals surface area contributed by atoms with Crippen molar-refractivity contribution in [3.05, 3.63) is 50.1 Å². The van der Waals surface area contributed by atoms with Crippen LogP contribution in [0.25, 0.3) is 0 Å². The summed E-state index contributed by atoms with van der Waals surface area (Å²) in [7, 11) is 1.30. The number of aromatic nitrogens is 2. The third-order valence-corrected chi connectivity index (χ3v) is 4.55. The summed E-state index contributed by atoms with van der Waals surface area (Å²) < 4.78 is 4.84. The molecule has 1 unspecified atom stereocenters. The van der Waals surface area contributed by atoms with Gasteiger partial charge in [-0.05, 0) is 29.5 Å². The van der Waals surface area contributed by atoms with E-state index in [-0.39, 0.29) is 11.3 Å². The van der Waals surface area contributed by atoms with E-state index in [1.165, 1.54) is 24.1 Å². The van der Waals surface area contributed by atoms with E-state index in [1.807, 2.05) is 11.4 Å². The lowest BCUT2D eigenvalue weighted by molar-refractivity contribution is -0.146. The number of esters is 1. The van der Waals surface area contributed by atoms with Crippen LogP contribution in [0.3, 0.4) is 0 Å². The van der Waals surface area contributed by atoms with Gasteiger partial charge in [-0.25, -0.2) is 9.89 Å². The summed E-state index contributed by atoms with van der Waals surface area (Å²) in [5.74, 6) is -0.902. The molecule has 3 rings (SSSR count). The van der Waals surface area contributed by atoms with Crippen molar-refractivity contribution >= 4 is 23.2 Å². The van der Waals surface area contributed by atoms with Crippen molar-refractivity contribution in [3.8, 4) is 0 Å². The predicted molar refractivity (Wildman–Crippen MR) is 78.7 cm³/mol. The molecule has 22 heavy (non-hydrogen) atoms. The van der Waals surface area contributed by atoms with E-state index in [9.17, 15) is 14.4 Å². The van der Waals surface area contributed by atoms with Crippen LogP contribution in [-0.2, 0) is 16.0 Å². The van der Waals surface area contributed by atoms with E-state index in [2.05, 4.69) is 10.2 Å². The van der Waals surface area contributed by atoms with Gasteiger partial charge in [-0.2, -0.15) is 5.10 Å². The van der Waals surface area contributed by atoms with Crippen LogP contribution in [0.5, 0.6) is 0 Å². The smallest absolute Gasteiger partial charge is 0.333 e. The van der Waals surface area contributed by atoms with Gasteiger partial charge in [0.05, 0.1) is 7.11 Å². The first-order valence-corrected chi connectivity index (χ1v) is 7.50. The van der Waals surface area contributed by atoms with E-state index in [4.69, 9.17) is 4.74 Å². The monoisotopic (exact) mass is 319 g/mol. The fraction of sp³-hybridized carbons (Fsp3) is 0.286. The average molecular weight is 319 g/mol. The van der Waals surface area contributed by atoms with Crippen molar-refractivity contribution in [1.82, 2.24) is 15.1 Å². The molecule has 2 aromatic heterocycles. The summed E-state index contributed by atoms with van der Waals surface area (Å²) in [5, 5.41) is 7.86. The van der Waals surface area contributed by atoms with E-state index >= 15 is 0 Å². The van der Waals surface area contributed by atoms with Gasteiger partial charge in [-0.1, -0.05) is 0 Å². The number of ether oxygens (including phenoxy) is 1. The Hall–Kier alpha value is -2.48. The highest BCUT2D eigenvalue weighted by Crippen LogP contribution is 2.34. The van der Waals surface area contributed by atoms with Gasteiger partial charge in [-0.3, -0.25) is 9.59 Å². The van der Waals surface area contributed by atoms with Gasteiger partial charge in [-0.15, -0.1) is 11.3 Å². The second-order valence-electron chi connectivity index (χ2n) is 4.78. The first-order valence-electron chi connectivity index (χ1n) is 6.62. The maximum Gasteiger partial charge on any atom is 0.333 e. The van der Waals surface area contributed by atoms with E-state index < -0.39 is 17.9 Å². The zero-order valence-electron chi connectivity index (χ0n) is 11.7. The van der Waals surface area contributed by atoms with Crippen LogP contribution in [0.4, 0.5) is 0 Å². The van der Waals surface area contributed by atoms with Gasteiger partial charge in [0.2, 0.25) is 0 Å². The number of carbonyl (C=O) groups excluding carboxylic acids is 2. The van der Waals surface area contributed by atoms with Crippen LogP contribution in [0.15, 0.2) is 28.4 Å². The average Bonchev–Trinajstić information content (AvgIpc) is 3.01. The highest BCUT2D eigenvalue weighted by Gasteiger charge is 2.38. The maximum absolute atomic E-state index is 12.6. The number of H-pyrrole nitrogens is 1. The summed E-state index contributed by atoms with van der Waals surface area (Å²) in [4.78, 5) is 38.3. The number of hydrogen-bond donors (Lipinski definition) is 1. The van der Waals surface area contributed by atoms with Gasteiger partial charge >= 0.3 is 5.97 Å². The number of fused-ring (bicyclic) bond motifs is 1. The molecule has 1 amide bonds. The van der Waals surface area contributed by atoms with Gasteiger partial charge in [0.15, 0.2) is 6.04 Å². The standard InChI is InChI=1S/C14H13N3O4S/c1-21-14(20)12-8-5-7-22-10(8)4-6-17(12)13(19)9-2-3-11(18)16-15-9/h2-3,5,7,12H,4,6H2,1H3,(H,16,18). The van der Waals surface area contributed by atoms with Crippen molar-refractivity contribution in [2.75, 3.05) is 13.7 Å². The molecule has 3 heterocycles. The van der Waals surface area contributed by atoms with Gasteiger partial charge < -0.3 is 9.64 Å². The molecule has 1 N–H and O–H groups in total.